The number of nitrogens with one attached hydrogen (secondary N) is 1. The summed E-state index contributed by atoms with van der Waals surface area (Å²) in [5.41, 5.74) is 0.989. The number of fused-ring (bicyclic) bond motifs is 1. The Labute approximate surface area is 94.4 Å². The lowest BCUT2D eigenvalue weighted by Gasteiger charge is -1.90. The third-order valence-electron chi connectivity index (χ3n) is 2.15. The van der Waals surface area contributed by atoms with E-state index < -0.39 is 0 Å². The Morgan fingerprint density at radius 2 is 2.20 bits per heavy atom. The summed E-state index contributed by atoms with van der Waals surface area (Å²) in [6.45, 7) is 0. The zero-order valence-corrected chi connectivity index (χ0v) is 9.19. The summed E-state index contributed by atoms with van der Waals surface area (Å²) in [7, 11) is 0. The summed E-state index contributed by atoms with van der Waals surface area (Å²) in [6.07, 6.45) is 0. The van der Waals surface area contributed by atoms with Crippen LogP contribution in [0.3, 0.4) is 0 Å². The highest BCUT2D eigenvalue weighted by Gasteiger charge is 2.09. The number of rotatable bonds is 1. The van der Waals surface area contributed by atoms with E-state index in [4.69, 9.17) is 16.6 Å². The van der Waals surface area contributed by atoms with E-state index in [0.29, 0.717) is 10.7 Å². The van der Waals surface area contributed by atoms with Crippen LogP contribution < -0.4 is 0 Å². The summed E-state index contributed by atoms with van der Waals surface area (Å²) >= 11 is 6.52. The van der Waals surface area contributed by atoms with Gasteiger partial charge >= 0.3 is 0 Å². The van der Waals surface area contributed by atoms with Crippen LogP contribution in [-0.4, -0.2) is 10.2 Å². The van der Waals surface area contributed by atoms with E-state index in [9.17, 15) is 0 Å². The predicted octanol–water partition coefficient (Wildman–Crippen LogP) is 3.61. The van der Waals surface area contributed by atoms with Gasteiger partial charge in [-0.25, -0.2) is 5.10 Å². The molecule has 2 aromatic heterocycles. The van der Waals surface area contributed by atoms with E-state index in [0.717, 1.165) is 10.9 Å². The van der Waals surface area contributed by atoms with Gasteiger partial charge in [0.1, 0.15) is 0 Å². The van der Waals surface area contributed by atoms with E-state index in [1.807, 2.05) is 17.5 Å². The summed E-state index contributed by atoms with van der Waals surface area (Å²) in [5, 5.41) is 9.82. The number of hydrogen-bond acceptors (Lipinski definition) is 4. The lowest BCUT2D eigenvalue weighted by atomic mass is 10.2. The summed E-state index contributed by atoms with van der Waals surface area (Å²) < 4.78 is 6.51. The van der Waals surface area contributed by atoms with Crippen molar-refractivity contribution in [2.24, 2.45) is 0 Å². The zero-order chi connectivity index (χ0) is 10.3. The van der Waals surface area contributed by atoms with E-state index in [-0.39, 0.29) is 0 Å². The summed E-state index contributed by atoms with van der Waals surface area (Å²) in [5.74, 6) is 0.553. The van der Waals surface area contributed by atoms with Gasteiger partial charge in [0.15, 0.2) is 0 Å². The van der Waals surface area contributed by atoms with Crippen molar-refractivity contribution < 1.29 is 4.42 Å². The Morgan fingerprint density at radius 1 is 1.33 bits per heavy atom. The lowest BCUT2D eigenvalue weighted by molar-refractivity contribution is 0.553. The number of H-pyrrole nitrogens is 1. The molecule has 0 radical (unpaired) electrons. The molecule has 0 saturated carbocycles. The first kappa shape index (κ1) is 8.82. The second kappa shape index (κ2) is 3.29. The Morgan fingerprint density at radius 3 is 3.00 bits per heavy atom. The Hall–Kier alpha value is -1.46. The molecule has 0 atom stereocenters. The van der Waals surface area contributed by atoms with Crippen molar-refractivity contribution in [2.75, 3.05) is 0 Å². The second-order valence-corrected chi connectivity index (χ2v) is 4.35. The van der Waals surface area contributed by atoms with Crippen LogP contribution in [0.5, 0.6) is 0 Å². The number of aromatic amines is 1. The maximum atomic E-state index is 5.29. The molecule has 0 aliphatic heterocycles. The topological polar surface area (TPSA) is 41.8 Å². The molecule has 0 bridgehead atoms. The zero-order valence-electron chi connectivity index (χ0n) is 7.56. The summed E-state index contributed by atoms with van der Waals surface area (Å²) in [4.78, 5) is 0.306. The lowest BCUT2D eigenvalue weighted by Crippen LogP contribution is -1.74. The number of hydrogen-bond donors (Lipinski definition) is 1. The van der Waals surface area contributed by atoms with E-state index >= 15 is 0 Å². The molecule has 5 heteroatoms. The highest BCUT2D eigenvalue weighted by Crippen LogP contribution is 2.32. The van der Waals surface area contributed by atoms with E-state index in [2.05, 4.69) is 22.3 Å². The minimum Gasteiger partial charge on any atom is -0.409 e. The average molecular weight is 234 g/mol. The molecule has 0 aliphatic rings. The van der Waals surface area contributed by atoms with Crippen LogP contribution in [0, 0.1) is 4.84 Å². The molecule has 0 fully saturated rings. The van der Waals surface area contributed by atoms with Gasteiger partial charge in [0.05, 0.1) is 5.56 Å². The van der Waals surface area contributed by atoms with Crippen molar-refractivity contribution in [3.8, 4) is 11.5 Å². The van der Waals surface area contributed by atoms with Crippen molar-refractivity contribution >= 4 is 33.6 Å². The predicted molar refractivity (Wildman–Crippen MR) is 62.5 cm³/mol. The largest absolute Gasteiger partial charge is 0.409 e. The molecular weight excluding hydrogens is 228 g/mol. The molecule has 3 rings (SSSR count). The molecule has 15 heavy (non-hydrogen) atoms. The minimum atomic E-state index is 0.306. The van der Waals surface area contributed by atoms with E-state index in [1.165, 1.54) is 4.70 Å². The van der Waals surface area contributed by atoms with Gasteiger partial charge in [-0.1, -0.05) is 18.2 Å². The van der Waals surface area contributed by atoms with Gasteiger partial charge in [0.2, 0.25) is 5.89 Å². The molecule has 1 N–H and O–H groups in total. The molecule has 3 nitrogen and oxygen atoms in total. The van der Waals surface area contributed by atoms with Gasteiger partial charge in [-0.05, 0) is 18.3 Å². The fourth-order valence-electron chi connectivity index (χ4n) is 1.49. The third-order valence-corrected chi connectivity index (χ3v) is 3.29. The second-order valence-electron chi connectivity index (χ2n) is 3.06. The molecular formula is C10H6N2OS2. The summed E-state index contributed by atoms with van der Waals surface area (Å²) in [6, 6.07) is 8.14. The number of thiophene rings is 1. The standard InChI is InChI=1S/C10H6N2OS2/c14-10-12-11-9(13-10)7-5-15-8-4-2-1-3-6(7)8/h1-5H,(H,12,14). The van der Waals surface area contributed by atoms with Crippen LogP contribution in [0.1, 0.15) is 0 Å². The molecule has 0 unspecified atom stereocenters. The van der Waals surface area contributed by atoms with Crippen molar-refractivity contribution in [1.29, 1.82) is 0 Å². The van der Waals surface area contributed by atoms with Crippen LogP contribution in [0.2, 0.25) is 0 Å². The Kier molecular flexibility index (Phi) is 1.93. The van der Waals surface area contributed by atoms with Gasteiger partial charge in [-0.3, -0.25) is 0 Å². The van der Waals surface area contributed by atoms with Crippen LogP contribution in [0.25, 0.3) is 21.5 Å². The van der Waals surface area contributed by atoms with Gasteiger partial charge in [-0.2, -0.15) is 0 Å². The fraction of sp³-hybridized carbons (Fsp3) is 0. The smallest absolute Gasteiger partial charge is 0.284 e. The maximum Gasteiger partial charge on any atom is 0.284 e. The van der Waals surface area contributed by atoms with Crippen molar-refractivity contribution in [1.82, 2.24) is 10.2 Å². The van der Waals surface area contributed by atoms with Gasteiger partial charge < -0.3 is 4.42 Å². The van der Waals surface area contributed by atoms with Crippen molar-refractivity contribution in [3.63, 3.8) is 0 Å². The normalized spacial score (nSPS) is 10.9. The number of benzene rings is 1. The maximum absolute atomic E-state index is 5.29. The quantitative estimate of drug-likeness (QED) is 0.654. The van der Waals surface area contributed by atoms with E-state index in [1.54, 1.807) is 11.3 Å². The first-order valence-electron chi connectivity index (χ1n) is 4.37. The SMILES string of the molecule is S=c1[nH]nc(-c2csc3ccccc23)o1. The molecule has 0 amide bonds. The van der Waals surface area contributed by atoms with Crippen molar-refractivity contribution in [3.05, 3.63) is 34.5 Å². The number of aromatic nitrogens is 2. The molecule has 0 saturated heterocycles. The van der Waals surface area contributed by atoms with Crippen molar-refractivity contribution in [2.45, 2.75) is 0 Å². The molecule has 3 aromatic rings. The molecule has 74 valence electrons. The third kappa shape index (κ3) is 1.40. The van der Waals surface area contributed by atoms with Gasteiger partial charge in [0, 0.05) is 15.5 Å². The van der Waals surface area contributed by atoms with Crippen LogP contribution in [0.4, 0.5) is 0 Å². The molecule has 0 aliphatic carbocycles. The number of nitrogens with zero attached hydrogens (tertiary/aromatic N) is 1. The molecule has 2 heterocycles. The first-order chi connectivity index (χ1) is 7.34. The minimum absolute atomic E-state index is 0.306. The molecule has 0 spiro atoms. The Bertz CT molecular complexity index is 665. The van der Waals surface area contributed by atoms with Crippen LogP contribution >= 0.6 is 23.6 Å². The first-order valence-corrected chi connectivity index (χ1v) is 5.65. The van der Waals surface area contributed by atoms with Gasteiger partial charge in [0.25, 0.3) is 4.84 Å². The van der Waals surface area contributed by atoms with Gasteiger partial charge in [-0.15, -0.1) is 16.4 Å². The average Bonchev–Trinajstić information content (AvgIpc) is 2.83. The highest BCUT2D eigenvalue weighted by atomic mass is 32.1. The highest BCUT2D eigenvalue weighted by molar-refractivity contribution is 7.71. The molecule has 1 aromatic carbocycles. The van der Waals surface area contributed by atoms with Crippen LogP contribution in [0.15, 0.2) is 34.1 Å². The Balaban J connectivity index is 2.32. The monoisotopic (exact) mass is 234 g/mol. The fourth-order valence-corrected chi connectivity index (χ4v) is 2.55. The van der Waals surface area contributed by atoms with Crippen LogP contribution in [-0.2, 0) is 0 Å².